The summed E-state index contributed by atoms with van der Waals surface area (Å²) in [5, 5.41) is 0.559. The summed E-state index contributed by atoms with van der Waals surface area (Å²) in [7, 11) is 0. The number of halogens is 1. The molecule has 0 radical (unpaired) electrons. The molecule has 20 heavy (non-hydrogen) atoms. The third-order valence-electron chi connectivity index (χ3n) is 2.55. The zero-order chi connectivity index (χ0) is 14.5. The maximum atomic E-state index is 5.94. The van der Waals surface area contributed by atoms with Gasteiger partial charge in [0.1, 0.15) is 22.2 Å². The number of hydrogen-bond acceptors (Lipinski definition) is 3. The van der Waals surface area contributed by atoms with E-state index in [9.17, 15) is 0 Å². The number of ether oxygens (including phenoxy) is 2. The van der Waals surface area contributed by atoms with Crippen molar-refractivity contribution >= 4 is 28.8 Å². The Morgan fingerprint density at radius 3 is 2.65 bits per heavy atom. The van der Waals surface area contributed by atoms with Gasteiger partial charge in [0, 0.05) is 11.1 Å². The van der Waals surface area contributed by atoms with E-state index >= 15 is 0 Å². The molecule has 104 valence electrons. The molecule has 0 aliphatic heterocycles. The minimum atomic E-state index is 0.239. The highest BCUT2D eigenvalue weighted by molar-refractivity contribution is 7.80. The minimum absolute atomic E-state index is 0.239. The Labute approximate surface area is 128 Å². The van der Waals surface area contributed by atoms with Gasteiger partial charge in [-0.15, -0.1) is 0 Å². The average Bonchev–Trinajstić information content (AvgIpc) is 2.41. The molecular weight excluding hydrogens is 294 g/mol. The lowest BCUT2D eigenvalue weighted by atomic mass is 10.2. The van der Waals surface area contributed by atoms with Gasteiger partial charge in [-0.05, 0) is 37.3 Å². The van der Waals surface area contributed by atoms with Crippen molar-refractivity contribution in [3.63, 3.8) is 0 Å². The van der Waals surface area contributed by atoms with E-state index in [1.807, 2.05) is 25.1 Å². The molecule has 0 amide bonds. The highest BCUT2D eigenvalue weighted by Crippen LogP contribution is 2.29. The maximum absolute atomic E-state index is 5.94. The molecule has 0 aliphatic rings. The van der Waals surface area contributed by atoms with Crippen molar-refractivity contribution in [1.29, 1.82) is 0 Å². The van der Waals surface area contributed by atoms with Crippen LogP contribution in [0.4, 0.5) is 0 Å². The summed E-state index contributed by atoms with van der Waals surface area (Å²) in [6.45, 7) is 2.53. The number of rotatable bonds is 5. The van der Waals surface area contributed by atoms with E-state index in [0.717, 1.165) is 5.75 Å². The second kappa shape index (κ2) is 6.59. The molecule has 0 heterocycles. The Bertz CT molecular complexity index is 631. The Morgan fingerprint density at radius 1 is 1.20 bits per heavy atom. The third kappa shape index (κ3) is 3.62. The van der Waals surface area contributed by atoms with E-state index in [1.54, 1.807) is 24.3 Å². The molecule has 2 N–H and O–H groups in total. The first-order valence-corrected chi connectivity index (χ1v) is 6.89. The van der Waals surface area contributed by atoms with Gasteiger partial charge >= 0.3 is 0 Å². The lowest BCUT2D eigenvalue weighted by Crippen LogP contribution is -2.10. The van der Waals surface area contributed by atoms with Crippen molar-refractivity contribution in [2.75, 3.05) is 6.61 Å². The van der Waals surface area contributed by atoms with Gasteiger partial charge in [0.2, 0.25) is 0 Å². The summed E-state index contributed by atoms with van der Waals surface area (Å²) < 4.78 is 11.2. The average molecular weight is 308 g/mol. The van der Waals surface area contributed by atoms with Crippen LogP contribution in [0.25, 0.3) is 0 Å². The number of thiocarbonyl (C=S) groups is 1. The molecular formula is C15H14ClNO2S. The van der Waals surface area contributed by atoms with Crippen LogP contribution in [0.1, 0.15) is 12.5 Å². The summed E-state index contributed by atoms with van der Waals surface area (Å²) in [6, 6.07) is 12.5. The van der Waals surface area contributed by atoms with Crippen LogP contribution in [0.3, 0.4) is 0 Å². The van der Waals surface area contributed by atoms with Gasteiger partial charge in [0.15, 0.2) is 0 Å². The normalized spacial score (nSPS) is 10.1. The molecule has 0 fully saturated rings. The molecule has 0 aromatic heterocycles. The number of nitrogens with two attached hydrogens (primary N) is 1. The van der Waals surface area contributed by atoms with Gasteiger partial charge in [0.25, 0.3) is 0 Å². The van der Waals surface area contributed by atoms with Crippen LogP contribution in [-0.2, 0) is 0 Å². The largest absolute Gasteiger partial charge is 0.494 e. The fourth-order valence-electron chi connectivity index (χ4n) is 1.70. The summed E-state index contributed by atoms with van der Waals surface area (Å²) in [5.41, 5.74) is 6.29. The topological polar surface area (TPSA) is 44.5 Å². The highest BCUT2D eigenvalue weighted by atomic mass is 35.5. The van der Waals surface area contributed by atoms with E-state index in [0.29, 0.717) is 28.7 Å². The van der Waals surface area contributed by atoms with Crippen LogP contribution in [-0.4, -0.2) is 11.6 Å². The van der Waals surface area contributed by atoms with Gasteiger partial charge in [-0.2, -0.15) is 0 Å². The van der Waals surface area contributed by atoms with Gasteiger partial charge in [-0.25, -0.2) is 0 Å². The Kier molecular flexibility index (Phi) is 4.82. The molecule has 3 nitrogen and oxygen atoms in total. The minimum Gasteiger partial charge on any atom is -0.494 e. The maximum Gasteiger partial charge on any atom is 0.137 e. The van der Waals surface area contributed by atoms with Crippen LogP contribution in [0.15, 0.2) is 42.5 Å². The standard InChI is InChI=1S/C15H14ClNO2S/c1-2-18-11-4-3-5-12(9-11)19-14-7-6-10(16)8-13(14)15(17)20/h3-9H,2H2,1H3,(H2,17,20). The molecule has 0 aliphatic carbocycles. The molecule has 0 unspecified atom stereocenters. The molecule has 0 saturated carbocycles. The SMILES string of the molecule is CCOc1cccc(Oc2ccc(Cl)cc2C(N)=S)c1. The molecule has 0 bridgehead atoms. The van der Waals surface area contributed by atoms with Crippen LogP contribution in [0.5, 0.6) is 17.2 Å². The Hall–Kier alpha value is -1.78. The summed E-state index contributed by atoms with van der Waals surface area (Å²) in [5.74, 6) is 1.96. The van der Waals surface area contributed by atoms with Crippen molar-refractivity contribution < 1.29 is 9.47 Å². The van der Waals surface area contributed by atoms with E-state index in [4.69, 9.17) is 39.0 Å². The smallest absolute Gasteiger partial charge is 0.137 e. The zero-order valence-corrected chi connectivity index (χ0v) is 12.5. The summed E-state index contributed by atoms with van der Waals surface area (Å²) >= 11 is 10.9. The molecule has 0 saturated heterocycles. The Morgan fingerprint density at radius 2 is 1.95 bits per heavy atom. The van der Waals surface area contributed by atoms with Crippen molar-refractivity contribution in [2.45, 2.75) is 6.92 Å². The van der Waals surface area contributed by atoms with Crippen LogP contribution < -0.4 is 15.2 Å². The van der Waals surface area contributed by atoms with Crippen LogP contribution >= 0.6 is 23.8 Å². The molecule has 2 aromatic carbocycles. The molecule has 2 rings (SSSR count). The third-order valence-corrected chi connectivity index (χ3v) is 3.01. The van der Waals surface area contributed by atoms with Crippen molar-refractivity contribution in [3.05, 3.63) is 53.1 Å². The van der Waals surface area contributed by atoms with E-state index < -0.39 is 0 Å². The van der Waals surface area contributed by atoms with Gasteiger partial charge in [-0.3, -0.25) is 0 Å². The van der Waals surface area contributed by atoms with Gasteiger partial charge in [0.05, 0.1) is 12.2 Å². The van der Waals surface area contributed by atoms with Crippen LogP contribution in [0.2, 0.25) is 5.02 Å². The molecule has 0 atom stereocenters. The summed E-state index contributed by atoms with van der Waals surface area (Å²) in [6.07, 6.45) is 0. The number of benzene rings is 2. The fraction of sp³-hybridized carbons (Fsp3) is 0.133. The monoisotopic (exact) mass is 307 g/mol. The first kappa shape index (κ1) is 14.6. The lowest BCUT2D eigenvalue weighted by Gasteiger charge is -2.11. The van der Waals surface area contributed by atoms with Gasteiger partial charge < -0.3 is 15.2 Å². The second-order valence-corrected chi connectivity index (χ2v) is 4.89. The zero-order valence-electron chi connectivity index (χ0n) is 10.9. The van der Waals surface area contributed by atoms with Crippen LogP contribution in [0, 0.1) is 0 Å². The molecule has 2 aromatic rings. The number of hydrogen-bond donors (Lipinski definition) is 1. The second-order valence-electron chi connectivity index (χ2n) is 4.01. The summed E-state index contributed by atoms with van der Waals surface area (Å²) in [4.78, 5) is 0.239. The predicted molar refractivity (Wildman–Crippen MR) is 85.0 cm³/mol. The van der Waals surface area contributed by atoms with E-state index in [2.05, 4.69) is 0 Å². The quantitative estimate of drug-likeness (QED) is 0.842. The van der Waals surface area contributed by atoms with E-state index in [-0.39, 0.29) is 4.99 Å². The fourth-order valence-corrected chi connectivity index (χ4v) is 2.04. The molecule has 0 spiro atoms. The first-order valence-electron chi connectivity index (χ1n) is 6.10. The van der Waals surface area contributed by atoms with Crippen molar-refractivity contribution in [2.24, 2.45) is 5.73 Å². The van der Waals surface area contributed by atoms with E-state index in [1.165, 1.54) is 0 Å². The first-order chi connectivity index (χ1) is 9.60. The predicted octanol–water partition coefficient (Wildman–Crippen LogP) is 4.17. The Balaban J connectivity index is 2.30. The van der Waals surface area contributed by atoms with Crippen molar-refractivity contribution in [1.82, 2.24) is 0 Å². The molecule has 5 heteroatoms. The van der Waals surface area contributed by atoms with Gasteiger partial charge in [-0.1, -0.05) is 29.9 Å². The lowest BCUT2D eigenvalue weighted by molar-refractivity contribution is 0.338. The highest BCUT2D eigenvalue weighted by Gasteiger charge is 2.09. The van der Waals surface area contributed by atoms with Crippen molar-refractivity contribution in [3.8, 4) is 17.2 Å².